The first-order valence-electron chi connectivity index (χ1n) is 7.04. The van der Waals surface area contributed by atoms with E-state index in [9.17, 15) is 9.90 Å². The number of hydrogen-bond acceptors (Lipinski definition) is 3. The molecule has 0 aliphatic rings. The van der Waals surface area contributed by atoms with Crippen molar-refractivity contribution in [2.45, 2.75) is 45.4 Å². The maximum absolute atomic E-state index is 11.6. The molecule has 0 saturated heterocycles. The van der Waals surface area contributed by atoms with Crippen LogP contribution in [0.1, 0.15) is 51.0 Å². The minimum atomic E-state index is -0.101. The maximum atomic E-state index is 11.6. The molecule has 0 unspecified atom stereocenters. The summed E-state index contributed by atoms with van der Waals surface area (Å²) in [5.41, 5.74) is 3.00. The molecular formula is C15H20Br2N2O2. The number of rotatable bonds is 8. The summed E-state index contributed by atoms with van der Waals surface area (Å²) in [6.45, 7) is 2.16. The van der Waals surface area contributed by atoms with Crippen molar-refractivity contribution < 1.29 is 9.90 Å². The number of nitrogens with zero attached hydrogens (tertiary/aromatic N) is 1. The van der Waals surface area contributed by atoms with Crippen molar-refractivity contribution >= 4 is 44.0 Å². The molecule has 0 atom stereocenters. The molecule has 6 heteroatoms. The van der Waals surface area contributed by atoms with Gasteiger partial charge in [-0.25, -0.2) is 5.43 Å². The van der Waals surface area contributed by atoms with Gasteiger partial charge < -0.3 is 5.11 Å². The first kappa shape index (κ1) is 18.2. The number of amides is 1. The molecule has 0 aliphatic heterocycles. The van der Waals surface area contributed by atoms with E-state index >= 15 is 0 Å². The van der Waals surface area contributed by atoms with Gasteiger partial charge in [-0.2, -0.15) is 5.10 Å². The van der Waals surface area contributed by atoms with Gasteiger partial charge in [0.2, 0.25) is 5.91 Å². The lowest BCUT2D eigenvalue weighted by molar-refractivity contribution is -0.121. The average Bonchev–Trinajstić information content (AvgIpc) is 2.43. The minimum Gasteiger partial charge on any atom is -0.506 e. The van der Waals surface area contributed by atoms with Crippen molar-refractivity contribution in [3.63, 3.8) is 0 Å². The molecule has 1 rings (SSSR count). The number of halogens is 2. The van der Waals surface area contributed by atoms with E-state index in [4.69, 9.17) is 0 Å². The van der Waals surface area contributed by atoms with Crippen LogP contribution in [0.2, 0.25) is 0 Å². The predicted octanol–water partition coefficient (Wildman–Crippen LogP) is 4.73. The first-order valence-corrected chi connectivity index (χ1v) is 8.63. The number of phenolic OH excluding ortho intramolecular Hbond substituents is 1. The minimum absolute atomic E-state index is 0.0933. The van der Waals surface area contributed by atoms with Gasteiger partial charge in [-0.15, -0.1) is 0 Å². The molecule has 0 heterocycles. The molecule has 0 saturated carbocycles. The normalized spacial score (nSPS) is 11.0. The number of hydrazone groups is 1. The van der Waals surface area contributed by atoms with Crippen LogP contribution in [0, 0.1) is 0 Å². The number of phenols is 1. The third-order valence-electron chi connectivity index (χ3n) is 2.96. The lowest BCUT2D eigenvalue weighted by atomic mass is 10.1. The highest BCUT2D eigenvalue weighted by atomic mass is 79.9. The Bertz CT molecular complexity index is 505. The Morgan fingerprint density at radius 1 is 1.29 bits per heavy atom. The highest BCUT2D eigenvalue weighted by Crippen LogP contribution is 2.30. The second kappa shape index (κ2) is 9.95. The molecule has 0 spiro atoms. The van der Waals surface area contributed by atoms with Crippen molar-refractivity contribution in [1.82, 2.24) is 5.43 Å². The largest absolute Gasteiger partial charge is 0.506 e. The summed E-state index contributed by atoms with van der Waals surface area (Å²) in [6.07, 6.45) is 7.46. The van der Waals surface area contributed by atoms with E-state index in [-0.39, 0.29) is 11.7 Å². The number of aromatic hydroxyl groups is 1. The van der Waals surface area contributed by atoms with Crippen LogP contribution in [-0.2, 0) is 4.79 Å². The van der Waals surface area contributed by atoms with Crippen molar-refractivity contribution in [2.75, 3.05) is 0 Å². The van der Waals surface area contributed by atoms with E-state index in [0.717, 1.165) is 17.3 Å². The van der Waals surface area contributed by atoms with E-state index in [1.165, 1.54) is 25.5 Å². The van der Waals surface area contributed by atoms with E-state index < -0.39 is 0 Å². The second-order valence-corrected chi connectivity index (χ2v) is 6.55. The quantitative estimate of drug-likeness (QED) is 0.363. The summed E-state index contributed by atoms with van der Waals surface area (Å²) in [7, 11) is 0. The van der Waals surface area contributed by atoms with Gasteiger partial charge in [0.05, 0.1) is 10.7 Å². The van der Waals surface area contributed by atoms with Crippen molar-refractivity contribution in [3.05, 3.63) is 26.6 Å². The molecule has 1 aromatic rings. The fourth-order valence-corrected chi connectivity index (χ4v) is 3.06. The number of carbonyl (C=O) groups is 1. The van der Waals surface area contributed by atoms with Crippen LogP contribution in [0.4, 0.5) is 0 Å². The molecule has 0 aliphatic carbocycles. The Hall–Kier alpha value is -0.880. The molecular weight excluding hydrogens is 400 g/mol. The summed E-state index contributed by atoms with van der Waals surface area (Å²) < 4.78 is 1.39. The summed E-state index contributed by atoms with van der Waals surface area (Å²) in [6, 6.07) is 3.46. The van der Waals surface area contributed by atoms with Crippen LogP contribution in [0.5, 0.6) is 5.75 Å². The lowest BCUT2D eigenvalue weighted by Gasteiger charge is -2.03. The molecule has 4 nitrogen and oxygen atoms in total. The van der Waals surface area contributed by atoms with E-state index in [0.29, 0.717) is 16.5 Å². The Labute approximate surface area is 142 Å². The zero-order valence-electron chi connectivity index (χ0n) is 12.0. The average molecular weight is 420 g/mol. The molecule has 0 bridgehead atoms. The third kappa shape index (κ3) is 7.09. The van der Waals surface area contributed by atoms with Gasteiger partial charge in [0.1, 0.15) is 5.75 Å². The van der Waals surface area contributed by atoms with Gasteiger partial charge in [-0.3, -0.25) is 4.79 Å². The van der Waals surface area contributed by atoms with E-state index in [1.807, 2.05) is 0 Å². The monoisotopic (exact) mass is 418 g/mol. The van der Waals surface area contributed by atoms with Gasteiger partial charge in [-0.1, -0.05) is 48.5 Å². The van der Waals surface area contributed by atoms with E-state index in [1.54, 1.807) is 12.1 Å². The Kier molecular flexibility index (Phi) is 8.61. The van der Waals surface area contributed by atoms with Crippen LogP contribution in [-0.4, -0.2) is 17.2 Å². The maximum Gasteiger partial charge on any atom is 0.240 e. The smallest absolute Gasteiger partial charge is 0.240 e. The fraction of sp³-hybridized carbons (Fsp3) is 0.467. The molecule has 21 heavy (non-hydrogen) atoms. The Balaban J connectivity index is 2.39. The zero-order chi connectivity index (χ0) is 15.7. The second-order valence-electron chi connectivity index (χ2n) is 4.78. The van der Waals surface area contributed by atoms with Crippen LogP contribution in [0.15, 0.2) is 26.2 Å². The van der Waals surface area contributed by atoms with Gasteiger partial charge in [0.15, 0.2) is 0 Å². The zero-order valence-corrected chi connectivity index (χ0v) is 15.2. The highest BCUT2D eigenvalue weighted by molar-refractivity contribution is 9.11. The van der Waals surface area contributed by atoms with Gasteiger partial charge in [0.25, 0.3) is 0 Å². The Morgan fingerprint density at radius 2 is 2.00 bits per heavy atom. The molecule has 0 radical (unpaired) electrons. The van der Waals surface area contributed by atoms with E-state index in [2.05, 4.69) is 49.3 Å². The third-order valence-corrected chi connectivity index (χ3v) is 4.02. The summed E-state index contributed by atoms with van der Waals surface area (Å²) in [5, 5.41) is 13.7. The molecule has 116 valence electrons. The van der Waals surface area contributed by atoms with Crippen molar-refractivity contribution in [2.24, 2.45) is 5.10 Å². The number of hydrogen-bond donors (Lipinski definition) is 2. The van der Waals surface area contributed by atoms with Crippen LogP contribution in [0.3, 0.4) is 0 Å². The molecule has 1 aromatic carbocycles. The van der Waals surface area contributed by atoms with Gasteiger partial charge >= 0.3 is 0 Å². The van der Waals surface area contributed by atoms with Crippen LogP contribution in [0.25, 0.3) is 0 Å². The molecule has 2 N–H and O–H groups in total. The van der Waals surface area contributed by atoms with Crippen LogP contribution >= 0.6 is 31.9 Å². The first-order chi connectivity index (χ1) is 10.0. The number of benzene rings is 1. The number of nitrogens with one attached hydrogen (secondary N) is 1. The van der Waals surface area contributed by atoms with Crippen LogP contribution < -0.4 is 5.43 Å². The van der Waals surface area contributed by atoms with Crippen molar-refractivity contribution in [1.29, 1.82) is 0 Å². The van der Waals surface area contributed by atoms with Gasteiger partial charge in [0, 0.05) is 16.5 Å². The number of carbonyl (C=O) groups excluding carboxylic acids is 1. The topological polar surface area (TPSA) is 61.7 Å². The SMILES string of the molecule is CCCCCCCC(=O)N/N=C/c1cc(Br)cc(Br)c1O. The lowest BCUT2D eigenvalue weighted by Crippen LogP contribution is -2.16. The van der Waals surface area contributed by atoms with Gasteiger partial charge in [-0.05, 0) is 34.5 Å². The number of unbranched alkanes of at least 4 members (excludes halogenated alkanes) is 4. The highest BCUT2D eigenvalue weighted by Gasteiger charge is 2.05. The Morgan fingerprint density at radius 3 is 2.71 bits per heavy atom. The van der Waals surface area contributed by atoms with Crippen molar-refractivity contribution in [3.8, 4) is 5.75 Å². The summed E-state index contributed by atoms with van der Waals surface area (Å²) in [5.74, 6) is -0.00735. The fourth-order valence-electron chi connectivity index (χ4n) is 1.80. The summed E-state index contributed by atoms with van der Waals surface area (Å²) >= 11 is 6.58. The predicted molar refractivity (Wildman–Crippen MR) is 92.6 cm³/mol. The molecule has 0 fully saturated rings. The summed E-state index contributed by atoms with van der Waals surface area (Å²) in [4.78, 5) is 11.6. The standard InChI is InChI=1S/C15H20Br2N2O2/c1-2-3-4-5-6-7-14(20)19-18-10-11-8-12(16)9-13(17)15(11)21/h8-10,21H,2-7H2,1H3,(H,19,20)/b18-10+. The molecule has 0 aromatic heterocycles. The molecule has 1 amide bonds.